The Balaban J connectivity index is 2.44. The van der Waals surface area contributed by atoms with E-state index in [0.29, 0.717) is 6.04 Å². The number of hydrogen-bond donors (Lipinski definition) is 1. The molecule has 1 unspecified atom stereocenters. The average molecular weight is 298 g/mol. The largest absolute Gasteiger partial charge is 0.316 e. The van der Waals surface area contributed by atoms with Crippen LogP contribution in [0.5, 0.6) is 0 Å². The van der Waals surface area contributed by atoms with Crippen molar-refractivity contribution in [2.45, 2.75) is 23.8 Å². The minimum Gasteiger partial charge on any atom is -0.316 e. The van der Waals surface area contributed by atoms with E-state index >= 15 is 0 Å². The van der Waals surface area contributed by atoms with Crippen LogP contribution < -0.4 is 5.32 Å². The zero-order valence-corrected chi connectivity index (χ0v) is 11.8. The zero-order chi connectivity index (χ0) is 11.8. The Bertz CT molecular complexity index is 359. The summed E-state index contributed by atoms with van der Waals surface area (Å²) < 4.78 is 1.16. The zero-order valence-electron chi connectivity index (χ0n) is 9.37. The number of rotatable bonds is 6. The van der Waals surface area contributed by atoms with Crippen LogP contribution in [0.1, 0.15) is 12.8 Å². The fraction of sp³-hybridized carbons (Fsp3) is 0.385. The maximum atomic E-state index is 5.27. The maximum absolute atomic E-state index is 5.27. The Morgan fingerprint density at radius 1 is 1.50 bits per heavy atom. The Kier molecular flexibility index (Phi) is 6.63. The molecule has 0 radical (unpaired) electrons. The van der Waals surface area contributed by atoms with Gasteiger partial charge in [-0.3, -0.25) is 0 Å². The highest BCUT2D eigenvalue weighted by Gasteiger charge is 2.07. The van der Waals surface area contributed by atoms with Gasteiger partial charge < -0.3 is 5.32 Å². The van der Waals surface area contributed by atoms with E-state index in [9.17, 15) is 0 Å². The van der Waals surface area contributed by atoms with Crippen LogP contribution in [0.3, 0.4) is 0 Å². The second-order valence-electron chi connectivity index (χ2n) is 3.47. The summed E-state index contributed by atoms with van der Waals surface area (Å²) in [6.07, 6.45) is 7.14. The fourth-order valence-electron chi connectivity index (χ4n) is 1.32. The number of hydrogen-bond acceptors (Lipinski definition) is 2. The van der Waals surface area contributed by atoms with Crippen LogP contribution in [-0.4, -0.2) is 18.8 Å². The van der Waals surface area contributed by atoms with Gasteiger partial charge in [-0.15, -0.1) is 24.1 Å². The lowest BCUT2D eigenvalue weighted by Crippen LogP contribution is -2.27. The number of halogens is 1. The topological polar surface area (TPSA) is 12.0 Å². The highest BCUT2D eigenvalue weighted by molar-refractivity contribution is 9.10. The number of terminal acetylenes is 1. The van der Waals surface area contributed by atoms with Gasteiger partial charge in [-0.1, -0.05) is 12.1 Å². The van der Waals surface area contributed by atoms with Crippen molar-refractivity contribution < 1.29 is 0 Å². The monoisotopic (exact) mass is 297 g/mol. The summed E-state index contributed by atoms with van der Waals surface area (Å²) in [5.74, 6) is 3.73. The third-order valence-corrected chi connectivity index (χ3v) is 4.51. The highest BCUT2D eigenvalue weighted by atomic mass is 79.9. The molecule has 1 atom stereocenters. The Morgan fingerprint density at radius 2 is 2.25 bits per heavy atom. The summed E-state index contributed by atoms with van der Waals surface area (Å²) >= 11 is 5.40. The fourth-order valence-corrected chi connectivity index (χ4v) is 3.04. The van der Waals surface area contributed by atoms with Crippen LogP contribution in [0.4, 0.5) is 0 Å². The van der Waals surface area contributed by atoms with Gasteiger partial charge in [-0.2, -0.15) is 0 Å². The molecular weight excluding hydrogens is 282 g/mol. The molecule has 0 spiro atoms. The highest BCUT2D eigenvalue weighted by Crippen LogP contribution is 2.27. The standard InChI is InChI=1S/C13H16BrNS/c1-3-4-7-11(15-2)10-16-13-9-6-5-8-12(13)14/h1,5-6,8-9,11,15H,4,7,10H2,2H3. The van der Waals surface area contributed by atoms with Crippen LogP contribution in [0.25, 0.3) is 0 Å². The SMILES string of the molecule is C#CCCC(CSc1ccccc1Br)NC. The Labute approximate surface area is 111 Å². The molecule has 0 amide bonds. The molecule has 1 N–H and O–H groups in total. The van der Waals surface area contributed by atoms with Crippen LogP contribution in [0, 0.1) is 12.3 Å². The van der Waals surface area contributed by atoms with Gasteiger partial charge in [0.1, 0.15) is 0 Å². The second kappa shape index (κ2) is 7.78. The lowest BCUT2D eigenvalue weighted by molar-refractivity contribution is 0.582. The quantitative estimate of drug-likeness (QED) is 0.637. The third kappa shape index (κ3) is 4.61. The van der Waals surface area contributed by atoms with Crippen LogP contribution in [0.15, 0.2) is 33.6 Å². The van der Waals surface area contributed by atoms with E-state index in [1.165, 1.54) is 4.90 Å². The van der Waals surface area contributed by atoms with E-state index in [4.69, 9.17) is 6.42 Å². The summed E-state index contributed by atoms with van der Waals surface area (Å²) in [5, 5.41) is 3.29. The first-order chi connectivity index (χ1) is 7.77. The van der Waals surface area contributed by atoms with Crippen molar-refractivity contribution >= 4 is 27.7 Å². The van der Waals surface area contributed by atoms with Crippen molar-refractivity contribution in [3.63, 3.8) is 0 Å². The molecular formula is C13H16BrNS. The van der Waals surface area contributed by atoms with Crippen molar-refractivity contribution in [3.8, 4) is 12.3 Å². The van der Waals surface area contributed by atoms with Gasteiger partial charge in [0.15, 0.2) is 0 Å². The normalized spacial score (nSPS) is 12.1. The Morgan fingerprint density at radius 3 is 2.88 bits per heavy atom. The van der Waals surface area contributed by atoms with Crippen molar-refractivity contribution in [1.29, 1.82) is 0 Å². The lowest BCUT2D eigenvalue weighted by Gasteiger charge is -2.14. The third-order valence-electron chi connectivity index (χ3n) is 2.32. The molecule has 0 aliphatic heterocycles. The summed E-state index contributed by atoms with van der Waals surface area (Å²) in [6, 6.07) is 8.76. The maximum Gasteiger partial charge on any atom is 0.0311 e. The predicted octanol–water partition coefficient (Wildman–Crippen LogP) is 3.54. The average Bonchev–Trinajstić information content (AvgIpc) is 2.31. The molecule has 0 aromatic heterocycles. The van der Waals surface area contributed by atoms with Gasteiger partial charge in [0.2, 0.25) is 0 Å². The van der Waals surface area contributed by atoms with Gasteiger partial charge in [-0.25, -0.2) is 0 Å². The molecule has 0 fully saturated rings. The second-order valence-corrected chi connectivity index (χ2v) is 5.39. The summed E-state index contributed by atoms with van der Waals surface area (Å²) in [5.41, 5.74) is 0. The van der Waals surface area contributed by atoms with Crippen molar-refractivity contribution in [1.82, 2.24) is 5.32 Å². The molecule has 1 aromatic rings. The molecule has 86 valence electrons. The molecule has 1 rings (SSSR count). The number of thioether (sulfide) groups is 1. The van der Waals surface area contributed by atoms with Crippen LogP contribution >= 0.6 is 27.7 Å². The molecule has 0 saturated carbocycles. The molecule has 0 saturated heterocycles. The van der Waals surface area contributed by atoms with Crippen molar-refractivity contribution in [2.75, 3.05) is 12.8 Å². The van der Waals surface area contributed by atoms with Crippen molar-refractivity contribution in [3.05, 3.63) is 28.7 Å². The molecule has 1 aromatic carbocycles. The van der Waals surface area contributed by atoms with E-state index in [1.54, 1.807) is 0 Å². The van der Waals surface area contributed by atoms with Gasteiger partial charge in [0.25, 0.3) is 0 Å². The van der Waals surface area contributed by atoms with E-state index in [0.717, 1.165) is 23.1 Å². The smallest absolute Gasteiger partial charge is 0.0311 e. The molecule has 3 heteroatoms. The first-order valence-electron chi connectivity index (χ1n) is 5.26. The molecule has 1 nitrogen and oxygen atoms in total. The molecule has 0 heterocycles. The summed E-state index contributed by atoms with van der Waals surface area (Å²) in [4.78, 5) is 1.28. The molecule has 0 aliphatic rings. The van der Waals surface area contributed by atoms with Gasteiger partial charge in [0.05, 0.1) is 0 Å². The van der Waals surface area contributed by atoms with E-state index in [2.05, 4.69) is 45.4 Å². The van der Waals surface area contributed by atoms with Gasteiger partial charge in [-0.05, 0) is 41.5 Å². The lowest BCUT2D eigenvalue weighted by atomic mass is 10.2. The van der Waals surface area contributed by atoms with Gasteiger partial charge in [0, 0.05) is 27.6 Å². The first kappa shape index (κ1) is 13.6. The van der Waals surface area contributed by atoms with E-state index in [1.807, 2.05) is 24.9 Å². The predicted molar refractivity (Wildman–Crippen MR) is 75.8 cm³/mol. The van der Waals surface area contributed by atoms with E-state index in [-0.39, 0.29) is 0 Å². The number of nitrogens with one attached hydrogen (secondary N) is 1. The van der Waals surface area contributed by atoms with Crippen LogP contribution in [0.2, 0.25) is 0 Å². The molecule has 16 heavy (non-hydrogen) atoms. The van der Waals surface area contributed by atoms with Crippen molar-refractivity contribution in [2.24, 2.45) is 0 Å². The van der Waals surface area contributed by atoms with Crippen LogP contribution in [-0.2, 0) is 0 Å². The summed E-state index contributed by atoms with van der Waals surface area (Å²) in [7, 11) is 1.99. The minimum atomic E-state index is 0.480. The first-order valence-corrected chi connectivity index (χ1v) is 7.04. The van der Waals surface area contributed by atoms with E-state index < -0.39 is 0 Å². The number of benzene rings is 1. The Hall–Kier alpha value is -0.430. The minimum absolute atomic E-state index is 0.480. The molecule has 0 aliphatic carbocycles. The molecule has 0 bridgehead atoms. The summed E-state index contributed by atoms with van der Waals surface area (Å²) in [6.45, 7) is 0. The van der Waals surface area contributed by atoms with Gasteiger partial charge >= 0.3 is 0 Å².